The van der Waals surface area contributed by atoms with Crippen LogP contribution in [0.2, 0.25) is 0 Å². The smallest absolute Gasteiger partial charge is 0.342 e. The Balaban J connectivity index is 2.32. The Hall–Kier alpha value is -2.44. The van der Waals surface area contributed by atoms with Crippen LogP contribution in [0.4, 0.5) is 0 Å². The number of fused-ring (bicyclic) bond motifs is 2. The summed E-state index contributed by atoms with van der Waals surface area (Å²) in [4.78, 5) is 26.6. The van der Waals surface area contributed by atoms with Crippen molar-refractivity contribution in [1.29, 1.82) is 0 Å². The van der Waals surface area contributed by atoms with Crippen LogP contribution in [0, 0.1) is 11.8 Å². The second-order valence-corrected chi connectivity index (χ2v) is 10.0. The molecule has 168 valence electrons. The number of carbonyl (C=O) groups excluding carboxylic acids is 2. The molecule has 0 fully saturated rings. The Bertz CT molecular complexity index is 1030. The first-order valence-corrected chi connectivity index (χ1v) is 10.7. The molecular formula is C25H32O6. The van der Waals surface area contributed by atoms with E-state index in [4.69, 9.17) is 4.74 Å². The summed E-state index contributed by atoms with van der Waals surface area (Å²) in [7, 11) is 0. The van der Waals surface area contributed by atoms with Crippen molar-refractivity contribution < 1.29 is 29.6 Å². The molecule has 1 aliphatic rings. The highest BCUT2D eigenvalue weighted by atomic mass is 16.6. The Kier molecular flexibility index (Phi) is 5.70. The quantitative estimate of drug-likeness (QED) is 0.634. The molecule has 3 N–H and O–H groups in total. The zero-order valence-corrected chi connectivity index (χ0v) is 19.0. The maximum absolute atomic E-state index is 13.3. The molecule has 0 aromatic heterocycles. The molecule has 0 amide bonds. The second-order valence-electron chi connectivity index (χ2n) is 10.0. The molecule has 31 heavy (non-hydrogen) atoms. The van der Waals surface area contributed by atoms with Crippen molar-refractivity contribution in [3.63, 3.8) is 0 Å². The highest BCUT2D eigenvalue weighted by molar-refractivity contribution is 6.09. The minimum Gasteiger partial charge on any atom is -0.507 e. The monoisotopic (exact) mass is 428 g/mol. The van der Waals surface area contributed by atoms with Crippen LogP contribution in [0.5, 0.6) is 5.75 Å². The number of hydrogen-bond donors (Lipinski definition) is 3. The van der Waals surface area contributed by atoms with Crippen LogP contribution in [0.25, 0.3) is 10.8 Å². The third kappa shape index (κ3) is 3.72. The minimum absolute atomic E-state index is 0.0154. The van der Waals surface area contributed by atoms with Gasteiger partial charge in [0.25, 0.3) is 0 Å². The van der Waals surface area contributed by atoms with E-state index >= 15 is 0 Å². The zero-order valence-electron chi connectivity index (χ0n) is 19.0. The average Bonchev–Trinajstić information content (AvgIpc) is 2.67. The second kappa shape index (κ2) is 7.61. The predicted octanol–water partition coefficient (Wildman–Crippen LogP) is 4.07. The van der Waals surface area contributed by atoms with E-state index in [1.54, 1.807) is 39.0 Å². The Morgan fingerprint density at radius 3 is 2.42 bits per heavy atom. The van der Waals surface area contributed by atoms with Crippen LogP contribution >= 0.6 is 0 Å². The van der Waals surface area contributed by atoms with Gasteiger partial charge in [-0.3, -0.25) is 4.79 Å². The van der Waals surface area contributed by atoms with Gasteiger partial charge < -0.3 is 20.1 Å². The number of rotatable bonds is 4. The lowest BCUT2D eigenvalue weighted by Gasteiger charge is -2.49. The Labute approximate surface area is 182 Å². The third-order valence-corrected chi connectivity index (χ3v) is 6.15. The molecule has 3 atom stereocenters. The fourth-order valence-electron chi connectivity index (χ4n) is 4.37. The van der Waals surface area contributed by atoms with Crippen molar-refractivity contribution in [2.45, 2.75) is 71.2 Å². The molecule has 0 saturated heterocycles. The number of benzene rings is 2. The van der Waals surface area contributed by atoms with E-state index in [1.165, 1.54) is 19.1 Å². The van der Waals surface area contributed by atoms with Gasteiger partial charge in [-0.2, -0.15) is 0 Å². The van der Waals surface area contributed by atoms with E-state index < -0.39 is 34.5 Å². The number of ketones is 1. The van der Waals surface area contributed by atoms with Gasteiger partial charge in [0.15, 0.2) is 5.78 Å². The first-order valence-electron chi connectivity index (χ1n) is 10.7. The summed E-state index contributed by atoms with van der Waals surface area (Å²) < 4.78 is 5.48. The Morgan fingerprint density at radius 1 is 1.19 bits per heavy atom. The first-order chi connectivity index (χ1) is 14.2. The number of hydrogen-bond acceptors (Lipinski definition) is 6. The van der Waals surface area contributed by atoms with Gasteiger partial charge >= 0.3 is 5.97 Å². The van der Waals surface area contributed by atoms with Crippen LogP contribution < -0.4 is 0 Å². The molecule has 1 aliphatic carbocycles. The van der Waals surface area contributed by atoms with E-state index in [2.05, 4.69) is 0 Å². The predicted molar refractivity (Wildman–Crippen MR) is 118 cm³/mol. The molecule has 0 spiro atoms. The van der Waals surface area contributed by atoms with Gasteiger partial charge in [-0.1, -0.05) is 32.9 Å². The van der Waals surface area contributed by atoms with Crippen molar-refractivity contribution in [2.24, 2.45) is 11.8 Å². The number of phenolic OH excluding ortho intramolecular Hbond substituents is 1. The number of aliphatic hydroxyl groups is 2. The molecule has 0 bridgehead atoms. The lowest BCUT2D eigenvalue weighted by molar-refractivity contribution is -0.223. The van der Waals surface area contributed by atoms with E-state index in [-0.39, 0.29) is 29.2 Å². The molecule has 0 aliphatic heterocycles. The SMILES string of the molecule is CC(C)CC[C@@]1(O)c2cc3c(O)cccc3cc2C(=O)[C@H](C)[C@]1(O)C(=O)OC(C)(C)C. The molecule has 6 heteroatoms. The van der Waals surface area contributed by atoms with Gasteiger partial charge in [-0.15, -0.1) is 0 Å². The van der Waals surface area contributed by atoms with Crippen molar-refractivity contribution in [2.75, 3.05) is 0 Å². The minimum atomic E-state index is -2.47. The van der Waals surface area contributed by atoms with Crippen molar-refractivity contribution >= 4 is 22.5 Å². The average molecular weight is 429 g/mol. The molecule has 0 unspecified atom stereocenters. The van der Waals surface area contributed by atoms with Crippen LogP contribution in [0.1, 0.15) is 70.3 Å². The molecular weight excluding hydrogens is 396 g/mol. The van der Waals surface area contributed by atoms with E-state index in [0.717, 1.165) is 0 Å². The van der Waals surface area contributed by atoms with Gasteiger partial charge in [0.2, 0.25) is 5.60 Å². The Morgan fingerprint density at radius 2 is 1.84 bits per heavy atom. The molecule has 0 saturated carbocycles. The molecule has 2 aromatic rings. The summed E-state index contributed by atoms with van der Waals surface area (Å²) in [6.45, 7) is 10.4. The van der Waals surface area contributed by atoms with E-state index in [0.29, 0.717) is 17.2 Å². The number of Topliss-reactive ketones (excluding diaryl/α,β-unsaturated/α-hetero) is 1. The van der Waals surface area contributed by atoms with Crippen molar-refractivity contribution in [3.8, 4) is 5.75 Å². The van der Waals surface area contributed by atoms with Gasteiger partial charge in [-0.05, 0) is 68.7 Å². The molecule has 0 heterocycles. The largest absolute Gasteiger partial charge is 0.507 e. The van der Waals surface area contributed by atoms with E-state index in [9.17, 15) is 24.9 Å². The summed E-state index contributed by atoms with van der Waals surface area (Å²) in [5.41, 5.74) is -5.09. The van der Waals surface area contributed by atoms with Crippen LogP contribution in [0.3, 0.4) is 0 Å². The van der Waals surface area contributed by atoms with Crippen molar-refractivity contribution in [1.82, 2.24) is 0 Å². The summed E-state index contributed by atoms with van der Waals surface area (Å²) in [5.74, 6) is -2.55. The van der Waals surface area contributed by atoms with Crippen LogP contribution in [0.15, 0.2) is 30.3 Å². The summed E-state index contributed by atoms with van der Waals surface area (Å²) in [5, 5.41) is 35.2. The zero-order chi connectivity index (χ0) is 23.4. The molecule has 2 aromatic carbocycles. The van der Waals surface area contributed by atoms with Crippen molar-refractivity contribution in [3.05, 3.63) is 41.5 Å². The van der Waals surface area contributed by atoms with Gasteiger partial charge in [0.05, 0.1) is 5.92 Å². The number of aromatic hydroxyl groups is 1. The molecule has 0 radical (unpaired) electrons. The lowest BCUT2D eigenvalue weighted by Crippen LogP contribution is -2.66. The molecule has 6 nitrogen and oxygen atoms in total. The molecule has 3 rings (SSSR count). The third-order valence-electron chi connectivity index (χ3n) is 6.15. The fourth-order valence-corrected chi connectivity index (χ4v) is 4.37. The van der Waals surface area contributed by atoms with Gasteiger partial charge in [0, 0.05) is 10.9 Å². The number of phenols is 1. The number of carbonyl (C=O) groups is 2. The lowest BCUT2D eigenvalue weighted by atomic mass is 9.60. The maximum Gasteiger partial charge on any atom is 0.342 e. The number of esters is 1. The first kappa shape index (κ1) is 23.2. The van der Waals surface area contributed by atoms with Gasteiger partial charge in [-0.25, -0.2) is 4.79 Å². The van der Waals surface area contributed by atoms with Crippen LogP contribution in [-0.2, 0) is 15.1 Å². The fraction of sp³-hybridized carbons (Fsp3) is 0.520. The highest BCUT2D eigenvalue weighted by Gasteiger charge is 2.65. The summed E-state index contributed by atoms with van der Waals surface area (Å²) in [6, 6.07) is 8.06. The topological polar surface area (TPSA) is 104 Å². The normalized spacial score (nSPS) is 26.2. The maximum atomic E-state index is 13.3. The van der Waals surface area contributed by atoms with E-state index in [1.807, 2.05) is 13.8 Å². The van der Waals surface area contributed by atoms with Crippen LogP contribution in [-0.4, -0.2) is 38.3 Å². The number of ether oxygens (including phenoxy) is 1. The highest BCUT2D eigenvalue weighted by Crippen LogP contribution is 2.51. The summed E-state index contributed by atoms with van der Waals surface area (Å²) >= 11 is 0. The standard InChI is InChI=1S/C25H32O6/c1-14(2)10-11-24(29)19-13-17-16(8-7-9-20(17)26)12-18(19)21(27)15(3)25(24,30)22(28)31-23(4,5)6/h7-9,12-15,26,29-30H,10-11H2,1-6H3/t15-,24+,25-/m0/s1. The summed E-state index contributed by atoms with van der Waals surface area (Å²) in [6.07, 6.45) is 0.547. The van der Waals surface area contributed by atoms with Gasteiger partial charge in [0.1, 0.15) is 17.0 Å².